The van der Waals surface area contributed by atoms with Crippen molar-refractivity contribution in [1.82, 2.24) is 5.43 Å². The molecule has 3 N–H and O–H groups in total. The molecule has 0 saturated carbocycles. The number of benzene rings is 1. The van der Waals surface area contributed by atoms with E-state index in [9.17, 15) is 18.0 Å². The van der Waals surface area contributed by atoms with E-state index in [1.807, 2.05) is 5.43 Å². The number of amides is 1. The molecular formula is C12H15F3N2O2. The van der Waals surface area contributed by atoms with Crippen LogP contribution in [0.3, 0.4) is 0 Å². The molecule has 19 heavy (non-hydrogen) atoms. The van der Waals surface area contributed by atoms with E-state index in [4.69, 9.17) is 10.6 Å². The summed E-state index contributed by atoms with van der Waals surface area (Å²) in [4.78, 5) is 11.5. The van der Waals surface area contributed by atoms with Gasteiger partial charge >= 0.3 is 6.18 Å². The van der Waals surface area contributed by atoms with Crippen LogP contribution in [0.1, 0.15) is 19.4 Å². The van der Waals surface area contributed by atoms with E-state index in [-0.39, 0.29) is 5.92 Å². The van der Waals surface area contributed by atoms with Gasteiger partial charge in [0.15, 0.2) is 6.10 Å². The van der Waals surface area contributed by atoms with Gasteiger partial charge in [0.1, 0.15) is 5.75 Å². The lowest BCUT2D eigenvalue weighted by Crippen LogP contribution is -2.45. The number of hydrogen-bond donors (Lipinski definition) is 2. The molecule has 1 aromatic carbocycles. The van der Waals surface area contributed by atoms with E-state index in [0.717, 1.165) is 6.07 Å². The van der Waals surface area contributed by atoms with E-state index < -0.39 is 29.5 Å². The van der Waals surface area contributed by atoms with E-state index in [1.54, 1.807) is 13.8 Å². The SMILES string of the molecule is CC(C)C(Oc1ccccc1C(F)(F)F)C(=O)NN. The van der Waals surface area contributed by atoms with E-state index >= 15 is 0 Å². The largest absolute Gasteiger partial charge is 0.480 e. The van der Waals surface area contributed by atoms with Gasteiger partial charge in [-0.1, -0.05) is 26.0 Å². The zero-order valence-electron chi connectivity index (χ0n) is 10.5. The summed E-state index contributed by atoms with van der Waals surface area (Å²) < 4.78 is 43.5. The minimum atomic E-state index is -4.54. The van der Waals surface area contributed by atoms with E-state index in [1.165, 1.54) is 18.2 Å². The number of carbonyl (C=O) groups is 1. The standard InChI is InChI=1S/C12H15F3N2O2/c1-7(2)10(11(18)17-16)19-9-6-4-3-5-8(9)12(13,14)15/h3-7,10H,16H2,1-2H3,(H,17,18). The first-order valence-electron chi connectivity index (χ1n) is 5.60. The number of nitrogens with two attached hydrogens (primary N) is 1. The highest BCUT2D eigenvalue weighted by Crippen LogP contribution is 2.36. The number of carbonyl (C=O) groups excluding carboxylic acids is 1. The Morgan fingerprint density at radius 3 is 2.37 bits per heavy atom. The molecule has 0 saturated heterocycles. The van der Waals surface area contributed by atoms with Crippen LogP contribution in [-0.2, 0) is 11.0 Å². The Bertz CT molecular complexity index is 447. The third-order valence-electron chi connectivity index (χ3n) is 2.45. The maximum Gasteiger partial charge on any atom is 0.419 e. The lowest BCUT2D eigenvalue weighted by Gasteiger charge is -2.22. The van der Waals surface area contributed by atoms with Crippen molar-refractivity contribution in [2.24, 2.45) is 11.8 Å². The van der Waals surface area contributed by atoms with Gasteiger partial charge in [-0.3, -0.25) is 10.2 Å². The Hall–Kier alpha value is -1.76. The predicted molar refractivity (Wildman–Crippen MR) is 63.0 cm³/mol. The van der Waals surface area contributed by atoms with Crippen LogP contribution in [0.4, 0.5) is 13.2 Å². The molecule has 1 aromatic rings. The lowest BCUT2D eigenvalue weighted by molar-refractivity contribution is -0.141. The number of alkyl halides is 3. The quantitative estimate of drug-likeness (QED) is 0.503. The summed E-state index contributed by atoms with van der Waals surface area (Å²) in [5.74, 6) is 3.59. The average molecular weight is 276 g/mol. The number of ether oxygens (including phenoxy) is 1. The molecule has 7 heteroatoms. The second kappa shape index (κ2) is 5.92. The number of hydrazine groups is 1. The summed E-state index contributed by atoms with van der Waals surface area (Å²) in [5.41, 5.74) is 0.954. The van der Waals surface area contributed by atoms with Gasteiger partial charge in [-0.05, 0) is 18.1 Å². The van der Waals surface area contributed by atoms with Crippen LogP contribution in [0.2, 0.25) is 0 Å². The van der Waals surface area contributed by atoms with Gasteiger partial charge < -0.3 is 4.74 Å². The average Bonchev–Trinajstić information content (AvgIpc) is 2.34. The highest BCUT2D eigenvalue weighted by molar-refractivity contribution is 5.80. The molecule has 4 nitrogen and oxygen atoms in total. The van der Waals surface area contributed by atoms with E-state index in [2.05, 4.69) is 0 Å². The second-order valence-corrected chi connectivity index (χ2v) is 4.28. The second-order valence-electron chi connectivity index (χ2n) is 4.28. The van der Waals surface area contributed by atoms with E-state index in [0.29, 0.717) is 0 Å². The molecule has 0 aliphatic rings. The number of rotatable bonds is 4. The van der Waals surface area contributed by atoms with Crippen LogP contribution in [0, 0.1) is 5.92 Å². The van der Waals surface area contributed by atoms with Crippen LogP contribution >= 0.6 is 0 Å². The van der Waals surface area contributed by atoms with Crippen LogP contribution in [0.25, 0.3) is 0 Å². The maximum absolute atomic E-state index is 12.8. The van der Waals surface area contributed by atoms with Crippen LogP contribution in [0.15, 0.2) is 24.3 Å². The number of halogens is 3. The fourth-order valence-corrected chi connectivity index (χ4v) is 1.51. The summed E-state index contributed by atoms with van der Waals surface area (Å²) in [7, 11) is 0. The molecule has 106 valence electrons. The molecule has 0 aliphatic carbocycles. The number of hydrogen-bond acceptors (Lipinski definition) is 3. The summed E-state index contributed by atoms with van der Waals surface area (Å²) in [6.45, 7) is 3.30. The van der Waals surface area contributed by atoms with Gasteiger partial charge in [0.2, 0.25) is 0 Å². The molecule has 1 atom stereocenters. The van der Waals surface area contributed by atoms with Crippen molar-refractivity contribution in [2.75, 3.05) is 0 Å². The Morgan fingerprint density at radius 2 is 1.89 bits per heavy atom. The molecule has 0 aliphatic heterocycles. The molecule has 0 heterocycles. The third-order valence-corrected chi connectivity index (χ3v) is 2.45. The van der Waals surface area contributed by atoms with Crippen molar-refractivity contribution in [3.63, 3.8) is 0 Å². The lowest BCUT2D eigenvalue weighted by atomic mass is 10.1. The Kier molecular flexibility index (Phi) is 4.77. The van der Waals surface area contributed by atoms with Gasteiger partial charge in [0.05, 0.1) is 5.56 Å². The Morgan fingerprint density at radius 1 is 1.32 bits per heavy atom. The highest BCUT2D eigenvalue weighted by atomic mass is 19.4. The third kappa shape index (κ3) is 3.85. The first kappa shape index (κ1) is 15.3. The van der Waals surface area contributed by atoms with Gasteiger partial charge in [0, 0.05) is 0 Å². The molecule has 0 spiro atoms. The van der Waals surface area contributed by atoms with Crippen LogP contribution in [-0.4, -0.2) is 12.0 Å². The normalized spacial score (nSPS) is 13.2. The van der Waals surface area contributed by atoms with Crippen molar-refractivity contribution >= 4 is 5.91 Å². The molecule has 0 aromatic heterocycles. The van der Waals surface area contributed by atoms with Crippen LogP contribution < -0.4 is 16.0 Å². The molecule has 1 unspecified atom stereocenters. The molecule has 0 fully saturated rings. The highest BCUT2D eigenvalue weighted by Gasteiger charge is 2.35. The Balaban J connectivity index is 3.07. The first-order chi connectivity index (χ1) is 8.77. The van der Waals surface area contributed by atoms with Crippen molar-refractivity contribution < 1.29 is 22.7 Å². The molecule has 0 bridgehead atoms. The van der Waals surface area contributed by atoms with Crippen molar-refractivity contribution in [2.45, 2.75) is 26.1 Å². The summed E-state index contributed by atoms with van der Waals surface area (Å²) >= 11 is 0. The zero-order valence-corrected chi connectivity index (χ0v) is 10.5. The van der Waals surface area contributed by atoms with Gasteiger partial charge in [-0.2, -0.15) is 13.2 Å². The fraction of sp³-hybridized carbons (Fsp3) is 0.417. The van der Waals surface area contributed by atoms with Crippen molar-refractivity contribution in [3.05, 3.63) is 29.8 Å². The maximum atomic E-state index is 12.8. The summed E-state index contributed by atoms with van der Waals surface area (Å²) in [6.07, 6.45) is -5.63. The summed E-state index contributed by atoms with van der Waals surface area (Å²) in [5, 5.41) is 0. The smallest absolute Gasteiger partial charge is 0.419 e. The van der Waals surface area contributed by atoms with Gasteiger partial charge in [-0.15, -0.1) is 0 Å². The first-order valence-corrected chi connectivity index (χ1v) is 5.60. The minimum Gasteiger partial charge on any atom is -0.480 e. The topological polar surface area (TPSA) is 64.3 Å². The number of nitrogens with one attached hydrogen (secondary N) is 1. The van der Waals surface area contributed by atoms with Gasteiger partial charge in [0.25, 0.3) is 5.91 Å². The minimum absolute atomic E-state index is 0.329. The van der Waals surface area contributed by atoms with Crippen LogP contribution in [0.5, 0.6) is 5.75 Å². The Labute approximate surface area is 108 Å². The predicted octanol–water partition coefficient (Wildman–Crippen LogP) is 2.10. The molecule has 1 rings (SSSR count). The number of para-hydroxylation sites is 1. The van der Waals surface area contributed by atoms with Crippen molar-refractivity contribution in [1.29, 1.82) is 0 Å². The fourth-order valence-electron chi connectivity index (χ4n) is 1.51. The molecule has 1 amide bonds. The van der Waals surface area contributed by atoms with Gasteiger partial charge in [-0.25, -0.2) is 5.84 Å². The van der Waals surface area contributed by atoms with Crippen molar-refractivity contribution in [3.8, 4) is 5.75 Å². The molecule has 0 radical (unpaired) electrons. The summed E-state index contributed by atoms with van der Waals surface area (Å²) in [6, 6.07) is 4.72. The molecular weight excluding hydrogens is 261 g/mol. The monoisotopic (exact) mass is 276 g/mol. The zero-order chi connectivity index (χ0) is 14.6.